The van der Waals surface area contributed by atoms with Crippen molar-refractivity contribution in [2.45, 2.75) is 25.8 Å². The first-order valence-electron chi connectivity index (χ1n) is 11.0. The summed E-state index contributed by atoms with van der Waals surface area (Å²) in [6.07, 6.45) is 3.09. The molecule has 4 rings (SSSR count). The minimum Gasteiger partial charge on any atom is -0.378 e. The molecule has 1 aromatic heterocycles. The van der Waals surface area contributed by atoms with Gasteiger partial charge in [-0.1, -0.05) is 30.3 Å². The van der Waals surface area contributed by atoms with Crippen molar-refractivity contribution in [3.8, 4) is 0 Å². The lowest BCUT2D eigenvalue weighted by molar-refractivity contribution is -0.126. The number of nitrogens with one attached hydrogen (secondary N) is 1. The van der Waals surface area contributed by atoms with Crippen LogP contribution in [-0.4, -0.2) is 66.1 Å². The summed E-state index contributed by atoms with van der Waals surface area (Å²) in [6.45, 7) is 5.73. The predicted octanol–water partition coefficient (Wildman–Crippen LogP) is 2.76. The van der Waals surface area contributed by atoms with Gasteiger partial charge in [-0.3, -0.25) is 9.78 Å². The first-order chi connectivity index (χ1) is 15.1. The maximum atomic E-state index is 13.2. The summed E-state index contributed by atoms with van der Waals surface area (Å²) in [5.41, 5.74) is 2.99. The molecule has 2 fully saturated rings. The summed E-state index contributed by atoms with van der Waals surface area (Å²) in [6, 6.07) is 13.6. The van der Waals surface area contributed by atoms with Crippen molar-refractivity contribution < 1.29 is 14.3 Å². The SMILES string of the molecule is Cc1ccccc1C(NC(=O)C1CCN(C(=O)N2CCOCC2)CC1)c1ccccn1. The number of aromatic nitrogens is 1. The highest BCUT2D eigenvalue weighted by Crippen LogP contribution is 2.26. The van der Waals surface area contributed by atoms with Gasteiger partial charge < -0.3 is 19.9 Å². The van der Waals surface area contributed by atoms with Gasteiger partial charge in [0.2, 0.25) is 5.91 Å². The van der Waals surface area contributed by atoms with Crippen LogP contribution < -0.4 is 5.32 Å². The van der Waals surface area contributed by atoms with E-state index in [1.54, 1.807) is 6.20 Å². The Balaban J connectivity index is 1.40. The van der Waals surface area contributed by atoms with Gasteiger partial charge >= 0.3 is 6.03 Å². The van der Waals surface area contributed by atoms with Crippen LogP contribution in [0.1, 0.15) is 35.7 Å². The molecule has 0 spiro atoms. The fourth-order valence-electron chi connectivity index (χ4n) is 4.32. The van der Waals surface area contributed by atoms with Crippen molar-refractivity contribution in [1.82, 2.24) is 20.1 Å². The Kier molecular flexibility index (Phi) is 6.82. The van der Waals surface area contributed by atoms with Crippen LogP contribution >= 0.6 is 0 Å². The fraction of sp³-hybridized carbons (Fsp3) is 0.458. The average molecular weight is 423 g/mol. The third-order valence-corrected chi connectivity index (χ3v) is 6.19. The van der Waals surface area contributed by atoms with E-state index in [9.17, 15) is 9.59 Å². The first kappa shape index (κ1) is 21.3. The number of amides is 3. The van der Waals surface area contributed by atoms with Crippen molar-refractivity contribution in [2.75, 3.05) is 39.4 Å². The highest BCUT2D eigenvalue weighted by molar-refractivity contribution is 5.80. The van der Waals surface area contributed by atoms with Crippen molar-refractivity contribution in [3.05, 3.63) is 65.5 Å². The zero-order valence-electron chi connectivity index (χ0n) is 18.0. The molecule has 1 unspecified atom stereocenters. The van der Waals surface area contributed by atoms with Gasteiger partial charge in [-0.25, -0.2) is 4.79 Å². The van der Waals surface area contributed by atoms with Crippen molar-refractivity contribution in [2.24, 2.45) is 5.92 Å². The first-order valence-corrected chi connectivity index (χ1v) is 11.0. The number of rotatable bonds is 4. The molecule has 7 nitrogen and oxygen atoms in total. The number of ether oxygens (including phenoxy) is 1. The third-order valence-electron chi connectivity index (χ3n) is 6.19. The van der Waals surface area contributed by atoms with Crippen molar-refractivity contribution >= 4 is 11.9 Å². The predicted molar refractivity (Wildman–Crippen MR) is 117 cm³/mol. The Labute approximate surface area is 183 Å². The summed E-state index contributed by atoms with van der Waals surface area (Å²) in [5.74, 6) is -0.0821. The van der Waals surface area contributed by atoms with E-state index >= 15 is 0 Å². The van der Waals surface area contributed by atoms with E-state index in [1.807, 2.05) is 59.2 Å². The maximum absolute atomic E-state index is 13.2. The lowest BCUT2D eigenvalue weighted by Crippen LogP contribution is -2.51. The second-order valence-corrected chi connectivity index (χ2v) is 8.20. The van der Waals surface area contributed by atoms with Crippen LogP contribution in [-0.2, 0) is 9.53 Å². The molecule has 2 aliphatic rings. The smallest absolute Gasteiger partial charge is 0.320 e. The van der Waals surface area contributed by atoms with Gasteiger partial charge in [-0.15, -0.1) is 0 Å². The lowest BCUT2D eigenvalue weighted by atomic mass is 9.93. The summed E-state index contributed by atoms with van der Waals surface area (Å²) in [5, 5.41) is 3.24. The van der Waals surface area contributed by atoms with Crippen LogP contribution in [0.5, 0.6) is 0 Å². The summed E-state index contributed by atoms with van der Waals surface area (Å²) in [4.78, 5) is 34.1. The van der Waals surface area contributed by atoms with Crippen molar-refractivity contribution in [1.29, 1.82) is 0 Å². The molecule has 2 aliphatic heterocycles. The topological polar surface area (TPSA) is 74.8 Å². The number of morpholine rings is 1. The van der Waals surface area contributed by atoms with Gasteiger partial charge in [0.05, 0.1) is 24.9 Å². The summed E-state index contributed by atoms with van der Waals surface area (Å²) >= 11 is 0. The minimum absolute atomic E-state index is 0.0253. The standard InChI is InChI=1S/C24H30N4O3/c1-18-6-2-3-7-20(18)22(21-8-4-5-11-25-21)26-23(29)19-9-12-27(13-10-19)24(30)28-14-16-31-17-15-28/h2-8,11,19,22H,9-10,12-17H2,1H3,(H,26,29). The molecule has 1 aromatic carbocycles. The van der Waals surface area contributed by atoms with Crippen molar-refractivity contribution in [3.63, 3.8) is 0 Å². The molecule has 31 heavy (non-hydrogen) atoms. The zero-order valence-corrected chi connectivity index (χ0v) is 18.0. The summed E-state index contributed by atoms with van der Waals surface area (Å²) in [7, 11) is 0. The molecule has 2 aromatic rings. The number of likely N-dealkylation sites (tertiary alicyclic amines) is 1. The number of benzene rings is 1. The van der Waals surface area contributed by atoms with E-state index in [0.29, 0.717) is 52.2 Å². The number of aryl methyl sites for hydroxylation is 1. The number of urea groups is 1. The number of carbonyl (C=O) groups excluding carboxylic acids is 2. The van der Waals surface area contributed by atoms with Crippen LogP contribution in [0.4, 0.5) is 4.79 Å². The molecule has 0 bridgehead atoms. The van der Waals surface area contributed by atoms with Gasteiger partial charge in [0, 0.05) is 38.3 Å². The Morgan fingerprint density at radius 3 is 2.35 bits per heavy atom. The monoisotopic (exact) mass is 422 g/mol. The Hall–Kier alpha value is -2.93. The van der Waals surface area contributed by atoms with Crippen LogP contribution in [0, 0.1) is 12.8 Å². The number of hydrogen-bond donors (Lipinski definition) is 1. The van der Waals surface area contributed by atoms with E-state index in [1.165, 1.54) is 0 Å². The van der Waals surface area contributed by atoms with Crippen LogP contribution in [0.25, 0.3) is 0 Å². The number of piperidine rings is 1. The van der Waals surface area contributed by atoms with E-state index < -0.39 is 0 Å². The average Bonchev–Trinajstić information content (AvgIpc) is 2.84. The van der Waals surface area contributed by atoms with Gasteiger partial charge in [0.1, 0.15) is 0 Å². The maximum Gasteiger partial charge on any atom is 0.320 e. The molecule has 3 amide bonds. The number of hydrogen-bond acceptors (Lipinski definition) is 4. The van der Waals surface area contributed by atoms with E-state index in [-0.39, 0.29) is 23.9 Å². The molecular weight excluding hydrogens is 392 g/mol. The molecule has 0 radical (unpaired) electrons. The fourth-order valence-corrected chi connectivity index (χ4v) is 4.32. The molecule has 7 heteroatoms. The minimum atomic E-state index is -0.289. The molecule has 0 saturated carbocycles. The van der Waals surface area contributed by atoms with Crippen LogP contribution in [0.2, 0.25) is 0 Å². The van der Waals surface area contributed by atoms with E-state index in [2.05, 4.69) is 10.3 Å². The Morgan fingerprint density at radius 1 is 1.00 bits per heavy atom. The zero-order chi connectivity index (χ0) is 21.6. The van der Waals surface area contributed by atoms with E-state index in [0.717, 1.165) is 16.8 Å². The van der Waals surface area contributed by atoms with Gasteiger partial charge in [-0.05, 0) is 43.0 Å². The molecule has 1 atom stereocenters. The summed E-state index contributed by atoms with van der Waals surface area (Å²) < 4.78 is 5.33. The second-order valence-electron chi connectivity index (χ2n) is 8.20. The molecule has 0 aliphatic carbocycles. The quantitative estimate of drug-likeness (QED) is 0.822. The highest BCUT2D eigenvalue weighted by atomic mass is 16.5. The van der Waals surface area contributed by atoms with Gasteiger partial charge in [0.15, 0.2) is 0 Å². The molecule has 2 saturated heterocycles. The largest absolute Gasteiger partial charge is 0.378 e. The second kappa shape index (κ2) is 9.92. The van der Waals surface area contributed by atoms with Gasteiger partial charge in [0.25, 0.3) is 0 Å². The van der Waals surface area contributed by atoms with Crippen LogP contribution in [0.3, 0.4) is 0 Å². The molecule has 3 heterocycles. The normalized spacial score (nSPS) is 18.5. The molecule has 1 N–H and O–H groups in total. The number of pyridine rings is 1. The highest BCUT2D eigenvalue weighted by Gasteiger charge is 2.31. The lowest BCUT2D eigenvalue weighted by Gasteiger charge is -2.37. The van der Waals surface area contributed by atoms with Gasteiger partial charge in [-0.2, -0.15) is 0 Å². The third kappa shape index (κ3) is 5.05. The Bertz CT molecular complexity index is 891. The Morgan fingerprint density at radius 2 is 1.68 bits per heavy atom. The molecular formula is C24H30N4O3. The molecule has 164 valence electrons. The van der Waals surface area contributed by atoms with E-state index in [4.69, 9.17) is 4.74 Å². The number of nitrogens with zero attached hydrogens (tertiary/aromatic N) is 3. The van der Waals surface area contributed by atoms with Crippen LogP contribution in [0.15, 0.2) is 48.7 Å². The number of carbonyl (C=O) groups is 2.